The summed E-state index contributed by atoms with van der Waals surface area (Å²) in [6, 6.07) is 7.53. The molecule has 0 saturated heterocycles. The quantitative estimate of drug-likeness (QED) is 0.210. The Kier molecular flexibility index (Phi) is 6.07. The molecule has 140 valence electrons. The number of amides is 1. The number of hydrogen-bond acceptors (Lipinski definition) is 5. The molecule has 0 spiro atoms. The third-order valence-electron chi connectivity index (χ3n) is 3.49. The lowest BCUT2D eigenvalue weighted by Gasteiger charge is -2.15. The minimum absolute atomic E-state index is 0.0796. The molecule has 0 unspecified atom stereocenters. The number of nitrogens with zero attached hydrogens (tertiary/aromatic N) is 3. The van der Waals surface area contributed by atoms with Gasteiger partial charge in [0.05, 0.1) is 28.7 Å². The molecule has 27 heavy (non-hydrogen) atoms. The van der Waals surface area contributed by atoms with Crippen molar-refractivity contribution in [1.82, 2.24) is 4.98 Å². The Morgan fingerprint density at radius 2 is 1.89 bits per heavy atom. The van der Waals surface area contributed by atoms with Gasteiger partial charge in [0.25, 0.3) is 5.91 Å². The molecular formula is C18H15F3N4O2. The van der Waals surface area contributed by atoms with Crippen molar-refractivity contribution in [2.24, 2.45) is 10.8 Å². The van der Waals surface area contributed by atoms with Crippen LogP contribution in [0, 0.1) is 0 Å². The molecule has 1 heterocycles. The van der Waals surface area contributed by atoms with Gasteiger partial charge in [-0.3, -0.25) is 19.6 Å². The van der Waals surface area contributed by atoms with Crippen molar-refractivity contribution >= 4 is 23.6 Å². The molecule has 0 aliphatic rings. The number of alkyl halides is 3. The first-order chi connectivity index (χ1) is 12.7. The lowest BCUT2D eigenvalue weighted by Crippen LogP contribution is -2.18. The molecule has 1 amide bonds. The van der Waals surface area contributed by atoms with Crippen molar-refractivity contribution in [2.75, 3.05) is 12.1 Å². The highest BCUT2D eigenvalue weighted by Gasteiger charge is 2.30. The minimum atomic E-state index is -4.49. The van der Waals surface area contributed by atoms with E-state index in [2.05, 4.69) is 10.1 Å². The summed E-state index contributed by atoms with van der Waals surface area (Å²) in [7, 11) is 1.58. The van der Waals surface area contributed by atoms with Crippen LogP contribution in [0.2, 0.25) is 0 Å². The predicted molar refractivity (Wildman–Crippen MR) is 94.0 cm³/mol. The van der Waals surface area contributed by atoms with Gasteiger partial charge in [-0.25, -0.2) is 0 Å². The number of pyridine rings is 1. The van der Waals surface area contributed by atoms with Crippen LogP contribution in [0.15, 0.2) is 65.5 Å². The highest BCUT2D eigenvalue weighted by molar-refractivity contribution is 6.19. The second kappa shape index (κ2) is 8.26. The number of rotatable bonds is 6. The van der Waals surface area contributed by atoms with E-state index in [9.17, 15) is 22.8 Å². The topological polar surface area (TPSA) is 88.6 Å². The summed E-state index contributed by atoms with van der Waals surface area (Å²) in [5, 5.41) is 5.67. The van der Waals surface area contributed by atoms with E-state index in [1.54, 1.807) is 25.4 Å². The summed E-state index contributed by atoms with van der Waals surface area (Å²) < 4.78 is 38.3. The number of halogens is 3. The highest BCUT2D eigenvalue weighted by Crippen LogP contribution is 2.29. The molecule has 0 atom stereocenters. The van der Waals surface area contributed by atoms with Crippen molar-refractivity contribution < 1.29 is 22.8 Å². The number of hydrogen-bond donors (Lipinski definition) is 1. The normalized spacial score (nSPS) is 12.6. The zero-order valence-corrected chi connectivity index (χ0v) is 14.1. The van der Waals surface area contributed by atoms with Gasteiger partial charge in [-0.05, 0) is 30.3 Å². The molecule has 0 bridgehead atoms. The standard InChI is InChI=1S/C18H15F3N4O2/c1-25(15-3-2-8-23-10-15)24-16(9-13(11-26)17(22)27)12-4-6-14(7-5-12)18(19,20)21/h2-11H,1H3,(H2,22,27)/b13-9+,24-16+. The van der Waals surface area contributed by atoms with Crippen molar-refractivity contribution in [3.8, 4) is 0 Å². The molecule has 0 fully saturated rings. The number of aldehydes is 1. The highest BCUT2D eigenvalue weighted by atomic mass is 19.4. The fraction of sp³-hybridized carbons (Fsp3) is 0.111. The van der Waals surface area contributed by atoms with Crippen molar-refractivity contribution in [1.29, 1.82) is 0 Å². The number of anilines is 1. The van der Waals surface area contributed by atoms with E-state index in [-0.39, 0.29) is 23.1 Å². The van der Waals surface area contributed by atoms with Gasteiger partial charge in [-0.15, -0.1) is 0 Å². The number of carbonyl (C=O) groups is 2. The zero-order chi connectivity index (χ0) is 20.0. The van der Waals surface area contributed by atoms with E-state index >= 15 is 0 Å². The number of carbonyl (C=O) groups excluding carboxylic acids is 2. The van der Waals surface area contributed by atoms with Crippen LogP contribution in [0.4, 0.5) is 18.9 Å². The number of aromatic nitrogens is 1. The van der Waals surface area contributed by atoms with E-state index in [0.717, 1.165) is 18.2 Å². The first-order valence-corrected chi connectivity index (χ1v) is 7.59. The van der Waals surface area contributed by atoms with E-state index in [0.29, 0.717) is 5.69 Å². The number of benzene rings is 1. The molecule has 2 aromatic rings. The third kappa shape index (κ3) is 5.24. The van der Waals surface area contributed by atoms with Crippen LogP contribution in [-0.4, -0.2) is 29.9 Å². The summed E-state index contributed by atoms with van der Waals surface area (Å²) in [6.07, 6.45) is -0.0300. The van der Waals surface area contributed by atoms with E-state index < -0.39 is 17.6 Å². The fourth-order valence-corrected chi connectivity index (χ4v) is 2.07. The fourth-order valence-electron chi connectivity index (χ4n) is 2.07. The summed E-state index contributed by atoms with van der Waals surface area (Å²) >= 11 is 0. The van der Waals surface area contributed by atoms with Crippen LogP contribution in [0.5, 0.6) is 0 Å². The Morgan fingerprint density at radius 1 is 1.22 bits per heavy atom. The Balaban J connectivity index is 2.51. The first-order valence-electron chi connectivity index (χ1n) is 7.59. The number of nitrogens with two attached hydrogens (primary N) is 1. The maximum Gasteiger partial charge on any atom is 0.416 e. The van der Waals surface area contributed by atoms with Crippen LogP contribution in [0.25, 0.3) is 0 Å². The summed E-state index contributed by atoms with van der Waals surface area (Å²) in [6.45, 7) is 0. The molecule has 6 nitrogen and oxygen atoms in total. The Hall–Kier alpha value is -3.49. The molecule has 0 saturated carbocycles. The van der Waals surface area contributed by atoms with Gasteiger partial charge < -0.3 is 5.73 Å². The second-order valence-electron chi connectivity index (χ2n) is 5.38. The van der Waals surface area contributed by atoms with Crippen LogP contribution >= 0.6 is 0 Å². The molecule has 9 heteroatoms. The maximum absolute atomic E-state index is 12.8. The zero-order valence-electron chi connectivity index (χ0n) is 14.1. The Labute approximate surface area is 152 Å². The molecule has 0 aliphatic heterocycles. The van der Waals surface area contributed by atoms with Crippen molar-refractivity contribution in [2.45, 2.75) is 6.18 Å². The summed E-state index contributed by atoms with van der Waals surface area (Å²) in [5.74, 6) is -0.978. The van der Waals surface area contributed by atoms with Crippen LogP contribution in [0.1, 0.15) is 11.1 Å². The minimum Gasteiger partial charge on any atom is -0.365 e. The molecule has 1 aromatic carbocycles. The van der Waals surface area contributed by atoms with Crippen LogP contribution < -0.4 is 10.7 Å². The molecular weight excluding hydrogens is 361 g/mol. The van der Waals surface area contributed by atoms with Crippen molar-refractivity contribution in [3.05, 3.63) is 71.6 Å². The lowest BCUT2D eigenvalue weighted by molar-refractivity contribution is -0.137. The maximum atomic E-state index is 12.8. The smallest absolute Gasteiger partial charge is 0.365 e. The van der Waals surface area contributed by atoms with E-state index in [1.165, 1.54) is 23.3 Å². The van der Waals surface area contributed by atoms with Gasteiger partial charge in [-0.2, -0.15) is 18.3 Å². The Bertz CT molecular complexity index is 876. The van der Waals surface area contributed by atoms with Gasteiger partial charge in [0.15, 0.2) is 6.29 Å². The predicted octanol–water partition coefficient (Wildman–Crippen LogP) is 2.55. The van der Waals surface area contributed by atoms with Crippen LogP contribution in [0.3, 0.4) is 0 Å². The molecule has 1 aromatic heterocycles. The molecule has 0 aliphatic carbocycles. The number of allylic oxidation sites excluding steroid dienone is 1. The van der Waals surface area contributed by atoms with Crippen LogP contribution in [-0.2, 0) is 15.8 Å². The third-order valence-corrected chi connectivity index (χ3v) is 3.49. The lowest BCUT2D eigenvalue weighted by atomic mass is 10.0. The molecule has 2 rings (SSSR count). The average Bonchev–Trinajstić information content (AvgIpc) is 2.64. The SMILES string of the molecule is CN(/N=C(\C=C(/C=O)C(N)=O)c1ccc(C(F)(F)F)cc1)c1cccnc1. The van der Waals surface area contributed by atoms with Crippen molar-refractivity contribution in [3.63, 3.8) is 0 Å². The Morgan fingerprint density at radius 3 is 2.37 bits per heavy atom. The van der Waals surface area contributed by atoms with Gasteiger partial charge in [0.2, 0.25) is 0 Å². The molecule has 2 N–H and O–H groups in total. The summed E-state index contributed by atoms with van der Waals surface area (Å²) in [4.78, 5) is 26.3. The first kappa shape index (κ1) is 19.8. The summed E-state index contributed by atoms with van der Waals surface area (Å²) in [5.41, 5.74) is 4.86. The largest absolute Gasteiger partial charge is 0.416 e. The number of primary amides is 1. The average molecular weight is 376 g/mol. The van der Waals surface area contributed by atoms with E-state index in [4.69, 9.17) is 5.73 Å². The van der Waals surface area contributed by atoms with Gasteiger partial charge >= 0.3 is 6.18 Å². The number of hydrazone groups is 1. The van der Waals surface area contributed by atoms with Gasteiger partial charge in [-0.1, -0.05) is 12.1 Å². The van der Waals surface area contributed by atoms with Gasteiger partial charge in [0, 0.05) is 18.8 Å². The van der Waals surface area contributed by atoms with Gasteiger partial charge in [0.1, 0.15) is 0 Å². The molecule has 0 radical (unpaired) electrons. The monoisotopic (exact) mass is 376 g/mol. The second-order valence-corrected chi connectivity index (χ2v) is 5.38. The van der Waals surface area contributed by atoms with E-state index in [1.807, 2.05) is 0 Å².